The molecule has 4 N–H and O–H groups in total. The number of rotatable bonds is 2. The van der Waals surface area contributed by atoms with Gasteiger partial charge in [0.1, 0.15) is 6.23 Å². The molecule has 2 heterocycles. The Bertz CT molecular complexity index is 526. The number of hydrogen-bond donors (Lipinski definition) is 3. The van der Waals surface area contributed by atoms with Crippen molar-refractivity contribution in [1.29, 1.82) is 0 Å². The summed E-state index contributed by atoms with van der Waals surface area (Å²) in [6, 6.07) is -0.318. The zero-order valence-electron chi connectivity index (χ0n) is 8.80. The molecule has 1 aromatic rings. The average molecular weight is 353 g/mol. The predicted molar refractivity (Wildman–Crippen MR) is 67.6 cm³/mol. The van der Waals surface area contributed by atoms with Crippen LogP contribution in [-0.2, 0) is 4.74 Å². The first kappa shape index (κ1) is 12.7. The van der Waals surface area contributed by atoms with Crippen molar-refractivity contribution in [3.05, 3.63) is 30.6 Å². The van der Waals surface area contributed by atoms with Gasteiger partial charge in [-0.1, -0.05) is 0 Å². The molecule has 0 amide bonds. The lowest BCUT2D eigenvalue weighted by Gasteiger charge is -2.14. The van der Waals surface area contributed by atoms with E-state index in [4.69, 9.17) is 15.6 Å². The molecule has 0 aliphatic carbocycles. The Morgan fingerprint density at radius 2 is 2.35 bits per heavy atom. The van der Waals surface area contributed by atoms with Crippen molar-refractivity contribution in [2.75, 3.05) is 6.61 Å². The van der Waals surface area contributed by atoms with Gasteiger partial charge in [-0.05, 0) is 22.6 Å². The number of aromatic amines is 1. The van der Waals surface area contributed by atoms with Crippen molar-refractivity contribution in [3.63, 3.8) is 0 Å². The third-order valence-electron chi connectivity index (χ3n) is 2.70. The number of nitrogens with zero attached hydrogens (tertiary/aromatic N) is 1. The van der Waals surface area contributed by atoms with Gasteiger partial charge in [-0.15, -0.1) is 0 Å². The highest BCUT2D eigenvalue weighted by Crippen LogP contribution is 2.25. The molecule has 0 aromatic carbocycles. The molecule has 0 saturated carbocycles. The topological polar surface area (TPSA) is 110 Å². The van der Waals surface area contributed by atoms with Crippen molar-refractivity contribution >= 4 is 22.6 Å². The number of hydrogen-bond acceptors (Lipinski definition) is 5. The van der Waals surface area contributed by atoms with Gasteiger partial charge < -0.3 is 15.6 Å². The minimum absolute atomic E-state index is 0.188. The highest BCUT2D eigenvalue weighted by Gasteiger charge is 2.33. The molecule has 94 valence electrons. The van der Waals surface area contributed by atoms with E-state index in [-0.39, 0.29) is 12.6 Å². The van der Waals surface area contributed by atoms with Gasteiger partial charge in [0, 0.05) is 18.7 Å². The molecule has 8 heteroatoms. The van der Waals surface area contributed by atoms with Crippen molar-refractivity contribution in [1.82, 2.24) is 9.55 Å². The third kappa shape index (κ3) is 2.44. The van der Waals surface area contributed by atoms with Crippen LogP contribution in [0.1, 0.15) is 12.6 Å². The van der Waals surface area contributed by atoms with Gasteiger partial charge in [0.15, 0.2) is 0 Å². The maximum atomic E-state index is 11.6. The first-order valence-corrected chi connectivity index (χ1v) is 6.13. The number of ether oxygens (including phenoxy) is 1. The number of nitrogens with one attached hydrogen (secondary N) is 1. The molecule has 1 saturated heterocycles. The van der Waals surface area contributed by atoms with E-state index in [1.54, 1.807) is 0 Å². The fourth-order valence-corrected chi connectivity index (χ4v) is 2.21. The van der Waals surface area contributed by atoms with Crippen molar-refractivity contribution in [2.45, 2.75) is 24.8 Å². The van der Waals surface area contributed by atoms with Crippen LogP contribution in [0.5, 0.6) is 0 Å². The Labute approximate surface area is 110 Å². The smallest absolute Gasteiger partial charge is 0.330 e. The maximum absolute atomic E-state index is 11.6. The summed E-state index contributed by atoms with van der Waals surface area (Å²) in [5, 5.41) is 9.02. The molecule has 17 heavy (non-hydrogen) atoms. The molecule has 0 unspecified atom stereocenters. The van der Waals surface area contributed by atoms with Crippen LogP contribution in [0.4, 0.5) is 0 Å². The van der Waals surface area contributed by atoms with Crippen LogP contribution in [0.3, 0.4) is 0 Å². The summed E-state index contributed by atoms with van der Waals surface area (Å²) >= 11 is 1.83. The summed E-state index contributed by atoms with van der Waals surface area (Å²) in [7, 11) is 0. The molecule has 1 aliphatic heterocycles. The van der Waals surface area contributed by atoms with Gasteiger partial charge in [0.2, 0.25) is 0 Å². The van der Waals surface area contributed by atoms with Gasteiger partial charge in [0.05, 0.1) is 16.3 Å². The first-order chi connectivity index (χ1) is 8.02. The van der Waals surface area contributed by atoms with Crippen LogP contribution in [-0.4, -0.2) is 33.4 Å². The average Bonchev–Trinajstić information content (AvgIpc) is 2.65. The van der Waals surface area contributed by atoms with E-state index in [0.29, 0.717) is 9.99 Å². The maximum Gasteiger partial charge on any atom is 0.330 e. The Balaban J connectivity index is 2.34. The SMILES string of the molecule is N[C@H]1C[C@H](n2cc(I)c(=O)[nH]c2=O)O[C@@H]1CO. The molecular formula is C9H12IN3O4. The van der Waals surface area contributed by atoms with Crippen LogP contribution in [0.15, 0.2) is 15.8 Å². The van der Waals surface area contributed by atoms with Gasteiger partial charge in [-0.3, -0.25) is 14.3 Å². The van der Waals surface area contributed by atoms with E-state index in [9.17, 15) is 9.59 Å². The second-order valence-electron chi connectivity index (χ2n) is 3.85. The fraction of sp³-hybridized carbons (Fsp3) is 0.556. The van der Waals surface area contributed by atoms with E-state index >= 15 is 0 Å². The summed E-state index contributed by atoms with van der Waals surface area (Å²) < 4.78 is 7.13. The Morgan fingerprint density at radius 3 is 2.94 bits per heavy atom. The molecule has 0 spiro atoms. The van der Waals surface area contributed by atoms with E-state index in [1.807, 2.05) is 22.6 Å². The predicted octanol–water partition coefficient (Wildman–Crippen LogP) is -1.25. The fourth-order valence-electron chi connectivity index (χ4n) is 1.78. The zero-order chi connectivity index (χ0) is 12.6. The summed E-state index contributed by atoms with van der Waals surface area (Å²) in [5.41, 5.74) is 4.80. The second kappa shape index (κ2) is 4.88. The van der Waals surface area contributed by atoms with E-state index in [2.05, 4.69) is 4.98 Å². The minimum Gasteiger partial charge on any atom is -0.394 e. The van der Waals surface area contributed by atoms with Crippen LogP contribution < -0.4 is 17.0 Å². The van der Waals surface area contributed by atoms with E-state index in [0.717, 1.165) is 0 Å². The molecule has 0 radical (unpaired) electrons. The van der Waals surface area contributed by atoms with Crippen LogP contribution in [0.25, 0.3) is 0 Å². The number of nitrogens with two attached hydrogens (primary N) is 1. The first-order valence-electron chi connectivity index (χ1n) is 5.05. The molecule has 0 bridgehead atoms. The highest BCUT2D eigenvalue weighted by atomic mass is 127. The van der Waals surface area contributed by atoms with Crippen LogP contribution >= 0.6 is 22.6 Å². The molecule has 2 rings (SSSR count). The zero-order valence-corrected chi connectivity index (χ0v) is 11.0. The molecule has 1 fully saturated rings. The van der Waals surface area contributed by atoms with Crippen LogP contribution in [0, 0.1) is 3.57 Å². The lowest BCUT2D eigenvalue weighted by atomic mass is 10.1. The Kier molecular flexibility index (Phi) is 3.66. The van der Waals surface area contributed by atoms with E-state index < -0.39 is 23.6 Å². The van der Waals surface area contributed by atoms with Gasteiger partial charge in [0.25, 0.3) is 5.56 Å². The quantitative estimate of drug-likeness (QED) is 0.576. The molecule has 7 nitrogen and oxygen atoms in total. The standard InChI is InChI=1S/C9H12IN3O4/c10-4-2-13(9(16)12-8(4)15)7-1-5(11)6(3-14)17-7/h2,5-7,14H,1,3,11H2,(H,12,15,16)/t5-,6+,7+/m0/s1. The summed E-state index contributed by atoms with van der Waals surface area (Å²) in [6.45, 7) is -0.188. The second-order valence-corrected chi connectivity index (χ2v) is 5.02. The monoisotopic (exact) mass is 353 g/mol. The van der Waals surface area contributed by atoms with E-state index in [1.165, 1.54) is 10.8 Å². The summed E-state index contributed by atoms with van der Waals surface area (Å²) in [5.74, 6) is 0. The van der Waals surface area contributed by atoms with Crippen molar-refractivity contribution in [3.8, 4) is 0 Å². The van der Waals surface area contributed by atoms with Crippen molar-refractivity contribution < 1.29 is 9.84 Å². The third-order valence-corrected chi connectivity index (χ3v) is 3.47. The molecule has 3 atom stereocenters. The molecular weight excluding hydrogens is 341 g/mol. The number of aliphatic hydroxyl groups excluding tert-OH is 1. The van der Waals surface area contributed by atoms with Gasteiger partial charge in [-0.25, -0.2) is 4.79 Å². The van der Waals surface area contributed by atoms with Crippen molar-refractivity contribution in [2.24, 2.45) is 5.73 Å². The largest absolute Gasteiger partial charge is 0.394 e. The number of halogens is 1. The number of H-pyrrole nitrogens is 1. The number of aliphatic hydroxyl groups is 1. The lowest BCUT2D eigenvalue weighted by Crippen LogP contribution is -2.33. The lowest BCUT2D eigenvalue weighted by molar-refractivity contribution is -0.0272. The van der Waals surface area contributed by atoms with Gasteiger partial charge in [-0.2, -0.15) is 0 Å². The summed E-state index contributed by atoms with van der Waals surface area (Å²) in [6.07, 6.45) is 0.836. The van der Waals surface area contributed by atoms with Crippen LogP contribution in [0.2, 0.25) is 0 Å². The number of aromatic nitrogens is 2. The molecule has 1 aromatic heterocycles. The minimum atomic E-state index is -0.542. The highest BCUT2D eigenvalue weighted by molar-refractivity contribution is 14.1. The normalized spacial score (nSPS) is 28.5. The van der Waals surface area contributed by atoms with Gasteiger partial charge >= 0.3 is 5.69 Å². The summed E-state index contributed by atoms with van der Waals surface area (Å²) in [4.78, 5) is 25.0. The Hall–Kier alpha value is -0.710. The molecule has 1 aliphatic rings. The Morgan fingerprint density at radius 1 is 1.65 bits per heavy atom.